The predicted molar refractivity (Wildman–Crippen MR) is 82.4 cm³/mol. The maximum atomic E-state index is 6.42. The number of hydrogen-bond acceptors (Lipinski definition) is 1. The minimum Gasteiger partial charge on any atom is -0.343 e. The van der Waals surface area contributed by atoms with Gasteiger partial charge >= 0.3 is 0 Å². The lowest BCUT2D eigenvalue weighted by atomic mass is 9.74. The molecule has 1 aliphatic rings. The Kier molecular flexibility index (Phi) is 3.59. The van der Waals surface area contributed by atoms with Crippen molar-refractivity contribution < 1.29 is 0 Å². The van der Waals surface area contributed by atoms with Gasteiger partial charge in [-0.25, -0.2) is 0 Å². The average Bonchev–Trinajstić information content (AvgIpc) is 2.64. The summed E-state index contributed by atoms with van der Waals surface area (Å²) in [7, 11) is 0. The van der Waals surface area contributed by atoms with Crippen molar-refractivity contribution in [2.45, 2.75) is 78.8 Å². The highest BCUT2D eigenvalue weighted by atomic mass is 15.1. The Bertz CT molecular complexity index is 464. The fourth-order valence-corrected chi connectivity index (χ4v) is 3.77. The van der Waals surface area contributed by atoms with Crippen molar-refractivity contribution in [2.24, 2.45) is 11.1 Å². The fourth-order valence-electron chi connectivity index (χ4n) is 3.77. The standard InChI is InChI=1S/C17H30N2/c1-7-17(6,8-2)19-12(3)9-13-14(18)10-16(4,5)11-15(13)19/h9,14H,7-8,10-11,18H2,1-6H3. The minimum absolute atomic E-state index is 0.205. The first kappa shape index (κ1) is 14.6. The molecule has 1 unspecified atom stereocenters. The molecule has 2 rings (SSSR count). The summed E-state index contributed by atoms with van der Waals surface area (Å²) in [4.78, 5) is 0. The van der Waals surface area contributed by atoms with Crippen LogP contribution in [0.1, 0.15) is 76.9 Å². The summed E-state index contributed by atoms with van der Waals surface area (Å²) in [5, 5.41) is 0. The number of nitrogens with zero attached hydrogens (tertiary/aromatic N) is 1. The molecule has 2 heteroatoms. The van der Waals surface area contributed by atoms with Gasteiger partial charge in [-0.15, -0.1) is 0 Å². The molecule has 0 fully saturated rings. The molecule has 0 spiro atoms. The predicted octanol–water partition coefficient (Wildman–Crippen LogP) is 4.30. The van der Waals surface area contributed by atoms with E-state index in [0.717, 1.165) is 12.8 Å². The quantitative estimate of drug-likeness (QED) is 0.865. The molecule has 0 saturated heterocycles. The van der Waals surface area contributed by atoms with Crippen molar-refractivity contribution in [2.75, 3.05) is 0 Å². The Balaban J connectivity index is 2.59. The van der Waals surface area contributed by atoms with Crippen LogP contribution in [0.5, 0.6) is 0 Å². The Morgan fingerprint density at radius 3 is 2.47 bits per heavy atom. The molecule has 1 aromatic heterocycles. The van der Waals surface area contributed by atoms with Gasteiger partial charge in [0.15, 0.2) is 0 Å². The van der Waals surface area contributed by atoms with Crippen LogP contribution in [0.2, 0.25) is 0 Å². The highest BCUT2D eigenvalue weighted by Crippen LogP contribution is 2.43. The van der Waals surface area contributed by atoms with Crippen LogP contribution in [0.3, 0.4) is 0 Å². The normalized spacial score (nSPS) is 22.4. The first-order chi connectivity index (χ1) is 8.74. The van der Waals surface area contributed by atoms with Gasteiger partial charge in [0.1, 0.15) is 0 Å². The number of nitrogens with two attached hydrogens (primary N) is 1. The largest absolute Gasteiger partial charge is 0.343 e. The number of rotatable bonds is 3. The lowest BCUT2D eigenvalue weighted by molar-refractivity contribution is 0.239. The van der Waals surface area contributed by atoms with Crippen LogP contribution in [-0.4, -0.2) is 4.57 Å². The van der Waals surface area contributed by atoms with Crippen molar-refractivity contribution in [1.29, 1.82) is 0 Å². The van der Waals surface area contributed by atoms with Crippen molar-refractivity contribution in [3.63, 3.8) is 0 Å². The second kappa shape index (κ2) is 4.66. The Morgan fingerprint density at radius 1 is 1.37 bits per heavy atom. The molecule has 0 aromatic carbocycles. The van der Waals surface area contributed by atoms with E-state index < -0.39 is 0 Å². The van der Waals surface area contributed by atoms with Gasteiger partial charge in [0, 0.05) is 23.0 Å². The topological polar surface area (TPSA) is 30.9 Å². The Hall–Kier alpha value is -0.760. The molecule has 2 nitrogen and oxygen atoms in total. The zero-order valence-corrected chi connectivity index (χ0v) is 13.5. The zero-order valence-electron chi connectivity index (χ0n) is 13.5. The van der Waals surface area contributed by atoms with E-state index in [2.05, 4.69) is 52.2 Å². The van der Waals surface area contributed by atoms with Crippen molar-refractivity contribution in [3.8, 4) is 0 Å². The Morgan fingerprint density at radius 2 is 1.95 bits per heavy atom. The molecule has 1 atom stereocenters. The van der Waals surface area contributed by atoms with Gasteiger partial charge in [-0.3, -0.25) is 0 Å². The Labute approximate surface area is 118 Å². The number of fused-ring (bicyclic) bond motifs is 1. The highest BCUT2D eigenvalue weighted by Gasteiger charge is 2.36. The molecule has 0 bridgehead atoms. The summed E-state index contributed by atoms with van der Waals surface area (Å²) in [5.41, 5.74) is 11.2. The summed E-state index contributed by atoms with van der Waals surface area (Å²) in [6.07, 6.45) is 4.58. The molecule has 0 radical (unpaired) electrons. The van der Waals surface area contributed by atoms with E-state index in [0.29, 0.717) is 5.41 Å². The molecule has 1 heterocycles. The third-order valence-corrected chi connectivity index (χ3v) is 5.20. The minimum atomic E-state index is 0.205. The molecular formula is C17H30N2. The molecule has 2 N–H and O–H groups in total. The van der Waals surface area contributed by atoms with Crippen molar-refractivity contribution in [1.82, 2.24) is 4.57 Å². The first-order valence-electron chi connectivity index (χ1n) is 7.71. The maximum absolute atomic E-state index is 6.42. The summed E-state index contributed by atoms with van der Waals surface area (Å²) in [6.45, 7) is 13.9. The monoisotopic (exact) mass is 262 g/mol. The fraction of sp³-hybridized carbons (Fsp3) is 0.765. The third-order valence-electron chi connectivity index (χ3n) is 5.20. The van der Waals surface area contributed by atoms with Gasteiger partial charge < -0.3 is 10.3 Å². The van der Waals surface area contributed by atoms with Gasteiger partial charge in [0.05, 0.1) is 0 Å². The molecule has 0 amide bonds. The molecule has 0 saturated carbocycles. The molecule has 1 aromatic rings. The first-order valence-corrected chi connectivity index (χ1v) is 7.71. The number of aryl methyl sites for hydroxylation is 1. The van der Waals surface area contributed by atoms with Crippen LogP contribution in [0, 0.1) is 12.3 Å². The van der Waals surface area contributed by atoms with E-state index in [-0.39, 0.29) is 11.6 Å². The van der Waals surface area contributed by atoms with E-state index in [4.69, 9.17) is 5.73 Å². The average molecular weight is 262 g/mol. The zero-order chi connectivity index (χ0) is 14.4. The molecule has 0 aliphatic heterocycles. The van der Waals surface area contributed by atoms with Crippen molar-refractivity contribution >= 4 is 0 Å². The van der Waals surface area contributed by atoms with Gasteiger partial charge in [-0.1, -0.05) is 27.7 Å². The third kappa shape index (κ3) is 2.35. The van der Waals surface area contributed by atoms with Crippen LogP contribution < -0.4 is 5.73 Å². The van der Waals surface area contributed by atoms with E-state index in [1.54, 1.807) is 0 Å². The number of hydrogen-bond donors (Lipinski definition) is 1. The summed E-state index contributed by atoms with van der Waals surface area (Å²) < 4.78 is 2.59. The second-order valence-corrected chi connectivity index (χ2v) is 7.38. The van der Waals surface area contributed by atoms with E-state index in [1.807, 2.05) is 0 Å². The molecule has 19 heavy (non-hydrogen) atoms. The lowest BCUT2D eigenvalue weighted by Crippen LogP contribution is -2.36. The van der Waals surface area contributed by atoms with Crippen LogP contribution in [-0.2, 0) is 12.0 Å². The van der Waals surface area contributed by atoms with Gasteiger partial charge in [0.2, 0.25) is 0 Å². The SMILES string of the molecule is CCC(C)(CC)n1c(C)cc2c1CC(C)(C)CC2N. The van der Waals surface area contributed by atoms with Gasteiger partial charge in [0.25, 0.3) is 0 Å². The van der Waals surface area contributed by atoms with E-state index >= 15 is 0 Å². The second-order valence-electron chi connectivity index (χ2n) is 7.38. The molecule has 1 aliphatic carbocycles. The van der Waals surface area contributed by atoms with Crippen LogP contribution in [0.4, 0.5) is 0 Å². The summed E-state index contributed by atoms with van der Waals surface area (Å²) in [6, 6.07) is 2.54. The van der Waals surface area contributed by atoms with Crippen molar-refractivity contribution in [3.05, 3.63) is 23.0 Å². The van der Waals surface area contributed by atoms with Crippen LogP contribution >= 0.6 is 0 Å². The maximum Gasteiger partial charge on any atom is 0.0411 e. The van der Waals surface area contributed by atoms with Gasteiger partial charge in [-0.05, 0) is 56.6 Å². The molecular weight excluding hydrogens is 232 g/mol. The summed E-state index contributed by atoms with van der Waals surface area (Å²) >= 11 is 0. The highest BCUT2D eigenvalue weighted by molar-refractivity contribution is 5.35. The number of aromatic nitrogens is 1. The van der Waals surface area contributed by atoms with Crippen LogP contribution in [0.25, 0.3) is 0 Å². The summed E-state index contributed by atoms with van der Waals surface area (Å²) in [5.74, 6) is 0. The van der Waals surface area contributed by atoms with Crippen LogP contribution in [0.15, 0.2) is 6.07 Å². The van der Waals surface area contributed by atoms with E-state index in [9.17, 15) is 0 Å². The molecule has 108 valence electrons. The van der Waals surface area contributed by atoms with Gasteiger partial charge in [-0.2, -0.15) is 0 Å². The lowest BCUT2D eigenvalue weighted by Gasteiger charge is -2.39. The van der Waals surface area contributed by atoms with E-state index in [1.165, 1.54) is 29.8 Å². The smallest absolute Gasteiger partial charge is 0.0411 e.